The van der Waals surface area contributed by atoms with E-state index in [0.717, 1.165) is 0 Å². The molecule has 1 rings (SSSR count). The van der Waals surface area contributed by atoms with E-state index in [1.54, 1.807) is 30.3 Å². The van der Waals surface area contributed by atoms with Crippen LogP contribution in [-0.2, 0) is 30.4 Å². The Balaban J connectivity index is 2.93. The van der Waals surface area contributed by atoms with E-state index in [0.29, 0.717) is 5.56 Å². The summed E-state index contributed by atoms with van der Waals surface area (Å²) < 4.78 is 0. The number of carboxylic acid groups (broad SMARTS) is 2. The van der Waals surface area contributed by atoms with Gasteiger partial charge in [0, 0.05) is 18.6 Å². The van der Waals surface area contributed by atoms with Crippen LogP contribution in [0, 0.1) is 0 Å². The van der Waals surface area contributed by atoms with Crippen LogP contribution < -0.4 is 21.7 Å². The molecule has 4 atom stereocenters. The summed E-state index contributed by atoms with van der Waals surface area (Å²) in [5, 5.41) is 34.6. The average molecular weight is 485 g/mol. The Morgan fingerprint density at radius 2 is 1.42 bits per heavy atom. The Kier molecular flexibility index (Phi) is 11.9. The van der Waals surface area contributed by atoms with Gasteiger partial charge in [-0.15, -0.1) is 0 Å². The summed E-state index contributed by atoms with van der Waals surface area (Å²) in [7, 11) is 0. The summed E-state index contributed by atoms with van der Waals surface area (Å²) in [5.41, 5.74) is 6.15. The Hall–Kier alpha value is -3.16. The van der Waals surface area contributed by atoms with Crippen LogP contribution in [0.2, 0.25) is 0 Å². The summed E-state index contributed by atoms with van der Waals surface area (Å²) >= 11 is 3.87. The van der Waals surface area contributed by atoms with E-state index in [1.165, 1.54) is 0 Å². The van der Waals surface area contributed by atoms with Gasteiger partial charge >= 0.3 is 11.9 Å². The van der Waals surface area contributed by atoms with Crippen molar-refractivity contribution in [3.8, 4) is 0 Å². The third-order valence-corrected chi connectivity index (χ3v) is 4.92. The molecule has 0 spiro atoms. The van der Waals surface area contributed by atoms with Gasteiger partial charge in [-0.05, 0) is 12.0 Å². The van der Waals surface area contributed by atoms with Gasteiger partial charge in [-0.25, -0.2) is 4.79 Å². The molecule has 0 aromatic heterocycles. The molecule has 0 heterocycles. The first kappa shape index (κ1) is 27.9. The molecule has 0 saturated carbocycles. The minimum atomic E-state index is -1.47. The first-order chi connectivity index (χ1) is 15.6. The number of amides is 3. The van der Waals surface area contributed by atoms with E-state index < -0.39 is 66.9 Å². The molecule has 0 bridgehead atoms. The number of aliphatic hydroxyl groups is 1. The number of hydrogen-bond acceptors (Lipinski definition) is 8. The molecule has 3 amide bonds. The maximum absolute atomic E-state index is 12.7. The highest BCUT2D eigenvalue weighted by Crippen LogP contribution is 2.06. The van der Waals surface area contributed by atoms with E-state index in [2.05, 4.69) is 28.6 Å². The maximum Gasteiger partial charge on any atom is 0.326 e. The van der Waals surface area contributed by atoms with Gasteiger partial charge < -0.3 is 37.0 Å². The molecular weight excluding hydrogens is 456 g/mol. The third kappa shape index (κ3) is 9.89. The molecule has 0 radical (unpaired) electrons. The lowest BCUT2D eigenvalue weighted by molar-refractivity contribution is -0.143. The summed E-state index contributed by atoms with van der Waals surface area (Å²) in [6, 6.07) is 3.21. The molecule has 0 aliphatic rings. The molecule has 1 aromatic rings. The van der Waals surface area contributed by atoms with Gasteiger partial charge in [-0.3, -0.25) is 19.2 Å². The molecule has 0 saturated heterocycles. The normalized spacial score (nSPS) is 14.3. The quantitative estimate of drug-likeness (QED) is 0.136. The van der Waals surface area contributed by atoms with Crippen molar-refractivity contribution >= 4 is 42.3 Å². The second-order valence-corrected chi connectivity index (χ2v) is 7.48. The standard InChI is InChI=1S/C20H28N4O8S/c21-12(10-33)17(28)24-15(9-25)19(30)22-13(6-7-16(26)27)18(29)23-14(20(31)32)8-11-4-2-1-3-5-11/h1-5,12-15,25,33H,6-10,21H2,(H,22,30)(H,23,29)(H,24,28)(H,26,27)(H,31,32). The SMILES string of the molecule is NC(CS)C(=O)NC(CO)C(=O)NC(CCC(=O)O)C(=O)NC(Cc1ccccc1)C(=O)O. The van der Waals surface area contributed by atoms with E-state index in [9.17, 15) is 34.2 Å². The van der Waals surface area contributed by atoms with Gasteiger partial charge in [0.25, 0.3) is 0 Å². The zero-order valence-corrected chi connectivity index (χ0v) is 18.5. The van der Waals surface area contributed by atoms with Crippen LogP contribution >= 0.6 is 12.6 Å². The molecule has 0 aliphatic heterocycles. The minimum absolute atomic E-state index is 0.0206. The molecular formula is C20H28N4O8S. The van der Waals surface area contributed by atoms with E-state index in [-0.39, 0.29) is 18.6 Å². The lowest BCUT2D eigenvalue weighted by Gasteiger charge is -2.24. The molecule has 1 aromatic carbocycles. The van der Waals surface area contributed by atoms with Gasteiger partial charge in [0.15, 0.2) is 0 Å². The number of rotatable bonds is 14. The number of carbonyl (C=O) groups excluding carboxylic acids is 3. The van der Waals surface area contributed by atoms with E-state index in [1.807, 2.05) is 0 Å². The number of thiol groups is 1. The molecule has 182 valence electrons. The smallest absolute Gasteiger partial charge is 0.326 e. The fourth-order valence-electron chi connectivity index (χ4n) is 2.69. The topological polar surface area (TPSA) is 208 Å². The highest BCUT2D eigenvalue weighted by molar-refractivity contribution is 7.80. The van der Waals surface area contributed by atoms with Crippen molar-refractivity contribution in [3.05, 3.63) is 35.9 Å². The fraction of sp³-hybridized carbons (Fsp3) is 0.450. The molecule has 12 nitrogen and oxygen atoms in total. The lowest BCUT2D eigenvalue weighted by Crippen LogP contribution is -2.58. The Bertz CT molecular complexity index is 839. The van der Waals surface area contributed by atoms with Crippen molar-refractivity contribution in [1.82, 2.24) is 16.0 Å². The Morgan fingerprint density at radius 1 is 0.879 bits per heavy atom. The fourth-order valence-corrected chi connectivity index (χ4v) is 2.85. The molecule has 4 unspecified atom stereocenters. The Morgan fingerprint density at radius 3 is 1.94 bits per heavy atom. The van der Waals surface area contributed by atoms with Gasteiger partial charge in [0.2, 0.25) is 17.7 Å². The number of hydrogen-bond donors (Lipinski definition) is 8. The summed E-state index contributed by atoms with van der Waals surface area (Å²) in [4.78, 5) is 59.7. The van der Waals surface area contributed by atoms with Crippen molar-refractivity contribution < 1.29 is 39.3 Å². The highest BCUT2D eigenvalue weighted by atomic mass is 32.1. The predicted octanol–water partition coefficient (Wildman–Crippen LogP) is -2.12. The summed E-state index contributed by atoms with van der Waals surface area (Å²) in [6.07, 6.45) is -0.902. The van der Waals surface area contributed by atoms with Crippen molar-refractivity contribution in [2.75, 3.05) is 12.4 Å². The highest BCUT2D eigenvalue weighted by Gasteiger charge is 2.30. The second-order valence-electron chi connectivity index (χ2n) is 7.12. The summed E-state index contributed by atoms with van der Waals surface area (Å²) in [6.45, 7) is -0.824. The molecule has 0 fully saturated rings. The minimum Gasteiger partial charge on any atom is -0.481 e. The number of nitrogens with one attached hydrogen (secondary N) is 3. The first-order valence-corrected chi connectivity index (χ1v) is 10.6. The lowest BCUT2D eigenvalue weighted by atomic mass is 10.0. The monoisotopic (exact) mass is 484 g/mol. The van der Waals surface area contributed by atoms with Crippen LogP contribution in [0.25, 0.3) is 0 Å². The summed E-state index contributed by atoms with van der Waals surface area (Å²) in [5.74, 6) is -5.25. The van der Waals surface area contributed by atoms with Gasteiger partial charge in [0.05, 0.1) is 12.6 Å². The maximum atomic E-state index is 12.7. The van der Waals surface area contributed by atoms with Gasteiger partial charge in [-0.1, -0.05) is 30.3 Å². The zero-order valence-electron chi connectivity index (χ0n) is 17.6. The second kappa shape index (κ2) is 14.1. The number of aliphatic carboxylic acids is 2. The largest absolute Gasteiger partial charge is 0.481 e. The number of carboxylic acids is 2. The Labute approximate surface area is 195 Å². The van der Waals surface area contributed by atoms with Gasteiger partial charge in [-0.2, -0.15) is 12.6 Å². The van der Waals surface area contributed by atoms with Crippen LogP contribution in [0.15, 0.2) is 30.3 Å². The van der Waals surface area contributed by atoms with Crippen molar-refractivity contribution in [1.29, 1.82) is 0 Å². The first-order valence-electron chi connectivity index (χ1n) is 9.96. The van der Waals surface area contributed by atoms with Crippen LogP contribution in [0.4, 0.5) is 0 Å². The number of aliphatic hydroxyl groups excluding tert-OH is 1. The number of carbonyl (C=O) groups is 5. The van der Waals surface area contributed by atoms with E-state index >= 15 is 0 Å². The zero-order chi connectivity index (χ0) is 25.0. The third-order valence-electron chi connectivity index (χ3n) is 4.53. The van der Waals surface area contributed by atoms with Crippen LogP contribution in [0.3, 0.4) is 0 Å². The number of benzene rings is 1. The molecule has 13 heteroatoms. The number of nitrogens with two attached hydrogens (primary N) is 1. The molecule has 8 N–H and O–H groups in total. The molecule has 33 heavy (non-hydrogen) atoms. The van der Waals surface area contributed by atoms with Crippen molar-refractivity contribution in [2.24, 2.45) is 5.73 Å². The van der Waals surface area contributed by atoms with Crippen LogP contribution in [-0.4, -0.2) is 81.5 Å². The van der Waals surface area contributed by atoms with Crippen LogP contribution in [0.1, 0.15) is 18.4 Å². The van der Waals surface area contributed by atoms with Crippen molar-refractivity contribution in [2.45, 2.75) is 43.4 Å². The van der Waals surface area contributed by atoms with Crippen molar-refractivity contribution in [3.63, 3.8) is 0 Å². The van der Waals surface area contributed by atoms with E-state index in [4.69, 9.17) is 10.8 Å². The van der Waals surface area contributed by atoms with Gasteiger partial charge in [0.1, 0.15) is 18.1 Å². The average Bonchev–Trinajstić information content (AvgIpc) is 2.78. The van der Waals surface area contributed by atoms with Crippen LogP contribution in [0.5, 0.6) is 0 Å². The predicted molar refractivity (Wildman–Crippen MR) is 119 cm³/mol. The molecule has 0 aliphatic carbocycles.